The molecule has 1 aliphatic heterocycles. The van der Waals surface area contributed by atoms with E-state index in [9.17, 15) is 4.79 Å². The molecule has 0 saturated heterocycles. The zero-order valence-electron chi connectivity index (χ0n) is 23.0. The van der Waals surface area contributed by atoms with Crippen molar-refractivity contribution in [2.24, 2.45) is 0 Å². The Bertz CT molecular complexity index is 1750. The molecule has 0 radical (unpaired) electrons. The van der Waals surface area contributed by atoms with E-state index in [0.717, 1.165) is 16.6 Å². The highest BCUT2D eigenvalue weighted by Gasteiger charge is 2.24. The zero-order chi connectivity index (χ0) is 28.3. The van der Waals surface area contributed by atoms with Gasteiger partial charge in [0.15, 0.2) is 28.6 Å². The van der Waals surface area contributed by atoms with Crippen LogP contribution in [0.3, 0.4) is 0 Å². The molecule has 0 spiro atoms. The standard InChI is InChI=1S/C31H31N5O5/c1-3-38-23-11-9-19(15-25(23)39-4-2)13-14-33-31(37)27-28-30(35-22-8-6-5-7-21(22)34-28)36(29(27)32)17-20-10-12-24-26(16-20)41-18-40-24/h5-12,15-16H,3-4,13-14,17-18,32H2,1-2H3,(H,33,37). The van der Waals surface area contributed by atoms with E-state index in [1.807, 2.05) is 79.1 Å². The van der Waals surface area contributed by atoms with Crippen molar-refractivity contribution in [2.75, 3.05) is 32.3 Å². The van der Waals surface area contributed by atoms with Crippen LogP contribution in [0.15, 0.2) is 60.7 Å². The Morgan fingerprint density at radius 1 is 0.927 bits per heavy atom. The minimum Gasteiger partial charge on any atom is -0.490 e. The van der Waals surface area contributed by atoms with Gasteiger partial charge in [-0.15, -0.1) is 0 Å². The minimum absolute atomic E-state index is 0.193. The van der Waals surface area contributed by atoms with Gasteiger partial charge in [0.1, 0.15) is 16.9 Å². The summed E-state index contributed by atoms with van der Waals surface area (Å²) in [5.41, 5.74) is 11.3. The van der Waals surface area contributed by atoms with Crippen LogP contribution in [-0.4, -0.2) is 47.0 Å². The van der Waals surface area contributed by atoms with Crippen LogP contribution < -0.4 is 30.0 Å². The number of anilines is 1. The molecule has 41 heavy (non-hydrogen) atoms. The number of benzene rings is 3. The number of amides is 1. The monoisotopic (exact) mass is 553 g/mol. The Kier molecular flexibility index (Phi) is 7.20. The fraction of sp³-hybridized carbons (Fsp3) is 0.258. The fourth-order valence-electron chi connectivity index (χ4n) is 4.98. The second kappa shape index (κ2) is 11.2. The number of nitrogens with two attached hydrogens (primary N) is 1. The number of nitrogens with one attached hydrogen (secondary N) is 1. The molecule has 1 aliphatic rings. The predicted molar refractivity (Wildman–Crippen MR) is 156 cm³/mol. The summed E-state index contributed by atoms with van der Waals surface area (Å²) in [7, 11) is 0. The lowest BCUT2D eigenvalue weighted by molar-refractivity contribution is 0.0956. The second-order valence-corrected chi connectivity index (χ2v) is 9.57. The number of carbonyl (C=O) groups excluding carboxylic acids is 1. The Balaban J connectivity index is 1.29. The van der Waals surface area contributed by atoms with Crippen LogP contribution in [0.25, 0.3) is 22.2 Å². The number of nitrogens with zero attached hydrogens (tertiary/aromatic N) is 3. The molecule has 210 valence electrons. The molecule has 10 heteroatoms. The van der Waals surface area contributed by atoms with Gasteiger partial charge in [-0.3, -0.25) is 4.79 Å². The first-order valence-electron chi connectivity index (χ1n) is 13.7. The molecule has 3 N–H and O–H groups in total. The number of carbonyl (C=O) groups is 1. The van der Waals surface area contributed by atoms with Gasteiger partial charge in [-0.2, -0.15) is 0 Å². The van der Waals surface area contributed by atoms with Crippen molar-refractivity contribution in [1.82, 2.24) is 19.9 Å². The van der Waals surface area contributed by atoms with Crippen molar-refractivity contribution in [3.63, 3.8) is 0 Å². The normalized spacial score (nSPS) is 12.1. The number of ether oxygens (including phenoxy) is 4. The molecular formula is C31H31N5O5. The maximum atomic E-state index is 13.6. The third-order valence-electron chi connectivity index (χ3n) is 6.90. The predicted octanol–water partition coefficient (Wildman–Crippen LogP) is 4.71. The molecule has 0 fully saturated rings. The van der Waals surface area contributed by atoms with Crippen LogP contribution in [0.4, 0.5) is 5.82 Å². The van der Waals surface area contributed by atoms with Crippen LogP contribution in [0.2, 0.25) is 0 Å². The maximum absolute atomic E-state index is 13.6. The van der Waals surface area contributed by atoms with E-state index in [0.29, 0.717) is 83.8 Å². The van der Waals surface area contributed by atoms with E-state index in [1.165, 1.54) is 0 Å². The van der Waals surface area contributed by atoms with Gasteiger partial charge >= 0.3 is 0 Å². The SMILES string of the molecule is CCOc1ccc(CCNC(=O)c2c(N)n(Cc3ccc4c(c3)OCO4)c3nc4ccccc4nc23)cc1OCC. The van der Waals surface area contributed by atoms with Crippen molar-refractivity contribution < 1.29 is 23.7 Å². The Morgan fingerprint density at radius 2 is 1.66 bits per heavy atom. The highest BCUT2D eigenvalue weighted by molar-refractivity contribution is 6.10. The Labute approximate surface area is 237 Å². The van der Waals surface area contributed by atoms with Gasteiger partial charge in [0.2, 0.25) is 6.79 Å². The number of aromatic nitrogens is 3. The number of nitrogen functional groups attached to an aromatic ring is 1. The Hall–Kier alpha value is -4.99. The van der Waals surface area contributed by atoms with Gasteiger partial charge in [-0.25, -0.2) is 9.97 Å². The molecule has 3 heterocycles. The summed E-state index contributed by atoms with van der Waals surface area (Å²) < 4.78 is 24.2. The minimum atomic E-state index is -0.308. The largest absolute Gasteiger partial charge is 0.490 e. The quantitative estimate of drug-likeness (QED) is 0.255. The van der Waals surface area contributed by atoms with Gasteiger partial charge in [-0.05, 0) is 67.8 Å². The number of hydrogen-bond acceptors (Lipinski definition) is 8. The van der Waals surface area contributed by atoms with Crippen molar-refractivity contribution in [2.45, 2.75) is 26.8 Å². The van der Waals surface area contributed by atoms with Crippen molar-refractivity contribution in [3.8, 4) is 23.0 Å². The summed E-state index contributed by atoms with van der Waals surface area (Å²) in [5.74, 6) is 2.76. The first-order valence-corrected chi connectivity index (χ1v) is 13.7. The van der Waals surface area contributed by atoms with Gasteiger partial charge in [0, 0.05) is 6.54 Å². The Morgan fingerprint density at radius 3 is 2.46 bits per heavy atom. The molecule has 2 aromatic heterocycles. The maximum Gasteiger partial charge on any atom is 0.257 e. The number of hydrogen-bond donors (Lipinski definition) is 2. The van der Waals surface area contributed by atoms with Gasteiger partial charge in [0.25, 0.3) is 5.91 Å². The molecular weight excluding hydrogens is 522 g/mol. The van der Waals surface area contributed by atoms with E-state index in [1.54, 1.807) is 0 Å². The van der Waals surface area contributed by atoms with Crippen molar-refractivity contribution >= 4 is 33.9 Å². The van der Waals surface area contributed by atoms with E-state index in [2.05, 4.69) is 5.32 Å². The molecule has 0 aliphatic carbocycles. The van der Waals surface area contributed by atoms with Crippen LogP contribution in [0.1, 0.15) is 35.3 Å². The van der Waals surface area contributed by atoms with E-state index >= 15 is 0 Å². The summed E-state index contributed by atoms with van der Waals surface area (Å²) >= 11 is 0. The highest BCUT2D eigenvalue weighted by Crippen LogP contribution is 2.34. The highest BCUT2D eigenvalue weighted by atomic mass is 16.7. The van der Waals surface area contributed by atoms with Gasteiger partial charge in [0.05, 0.1) is 30.8 Å². The summed E-state index contributed by atoms with van der Waals surface area (Å²) in [6.45, 7) is 5.92. The summed E-state index contributed by atoms with van der Waals surface area (Å²) in [5, 5.41) is 3.02. The molecule has 0 bridgehead atoms. The molecule has 10 nitrogen and oxygen atoms in total. The first-order chi connectivity index (χ1) is 20.1. The van der Waals surface area contributed by atoms with Crippen LogP contribution >= 0.6 is 0 Å². The van der Waals surface area contributed by atoms with Crippen molar-refractivity contribution in [1.29, 1.82) is 0 Å². The molecule has 1 amide bonds. The van der Waals surface area contributed by atoms with E-state index < -0.39 is 0 Å². The third kappa shape index (κ3) is 5.16. The average molecular weight is 554 g/mol. The fourth-order valence-corrected chi connectivity index (χ4v) is 4.98. The topological polar surface area (TPSA) is 123 Å². The summed E-state index contributed by atoms with van der Waals surface area (Å²) in [6.07, 6.45) is 0.600. The number of fused-ring (bicyclic) bond motifs is 3. The smallest absolute Gasteiger partial charge is 0.257 e. The average Bonchev–Trinajstić information content (AvgIpc) is 3.55. The molecule has 0 saturated carbocycles. The second-order valence-electron chi connectivity index (χ2n) is 9.57. The molecule has 0 unspecified atom stereocenters. The molecule has 6 rings (SSSR count). The molecule has 3 aromatic carbocycles. The van der Waals surface area contributed by atoms with Gasteiger partial charge in [-0.1, -0.05) is 24.3 Å². The van der Waals surface area contributed by atoms with Crippen LogP contribution in [0.5, 0.6) is 23.0 Å². The van der Waals surface area contributed by atoms with E-state index in [4.69, 9.17) is 34.6 Å². The number of para-hydroxylation sites is 2. The zero-order valence-corrected chi connectivity index (χ0v) is 23.0. The lowest BCUT2D eigenvalue weighted by Crippen LogP contribution is -2.26. The lowest BCUT2D eigenvalue weighted by atomic mass is 10.1. The lowest BCUT2D eigenvalue weighted by Gasteiger charge is -2.13. The number of rotatable bonds is 10. The van der Waals surface area contributed by atoms with E-state index in [-0.39, 0.29) is 12.7 Å². The molecule has 5 aromatic rings. The summed E-state index contributed by atoms with van der Waals surface area (Å²) in [6, 6.07) is 19.1. The van der Waals surface area contributed by atoms with Crippen LogP contribution in [0, 0.1) is 0 Å². The first kappa shape index (κ1) is 26.2. The van der Waals surface area contributed by atoms with Crippen LogP contribution in [-0.2, 0) is 13.0 Å². The van der Waals surface area contributed by atoms with Gasteiger partial charge < -0.3 is 34.6 Å². The summed E-state index contributed by atoms with van der Waals surface area (Å²) in [4.78, 5) is 23.2. The van der Waals surface area contributed by atoms with Crippen molar-refractivity contribution in [3.05, 3.63) is 77.4 Å². The third-order valence-corrected chi connectivity index (χ3v) is 6.90. The molecule has 0 atom stereocenters.